The summed E-state index contributed by atoms with van der Waals surface area (Å²) in [5.41, 5.74) is 2.98. The average molecular weight is 289 g/mol. The first-order valence-electron chi connectivity index (χ1n) is 7.57. The van der Waals surface area contributed by atoms with Crippen LogP contribution in [-0.2, 0) is 19.3 Å². The minimum Gasteiger partial charge on any atom is -0.190 e. The van der Waals surface area contributed by atoms with Gasteiger partial charge < -0.3 is 0 Å². The fourth-order valence-corrected chi connectivity index (χ4v) is 2.36. The first-order valence-corrected chi connectivity index (χ1v) is 7.57. The Morgan fingerprint density at radius 1 is 0.810 bits per heavy atom. The van der Waals surface area contributed by atoms with Crippen LogP contribution in [0.4, 0.5) is 8.78 Å². The maximum absolute atomic E-state index is 13.4. The van der Waals surface area contributed by atoms with Gasteiger partial charge in [-0.1, -0.05) is 44.0 Å². The average Bonchev–Trinajstić information content (AvgIpc) is 2.48. The molecular weight excluding hydrogens is 268 g/mol. The summed E-state index contributed by atoms with van der Waals surface area (Å²) in [6.45, 7) is 2.20. The van der Waals surface area contributed by atoms with Gasteiger partial charge in [0.05, 0.1) is 0 Å². The first kappa shape index (κ1) is 15.6. The molecule has 0 aliphatic carbocycles. The van der Waals surface area contributed by atoms with Crippen LogP contribution < -0.4 is 0 Å². The number of hydrogen-bond acceptors (Lipinski definition) is 1. The second-order valence-corrected chi connectivity index (χ2v) is 5.36. The minimum absolute atomic E-state index is 0.462. The topological polar surface area (TPSA) is 12.9 Å². The fraction of sp³-hybridized carbons (Fsp3) is 0.389. The molecule has 112 valence electrons. The van der Waals surface area contributed by atoms with E-state index in [-0.39, 0.29) is 0 Å². The van der Waals surface area contributed by atoms with Gasteiger partial charge in [-0.3, -0.25) is 0 Å². The highest BCUT2D eigenvalue weighted by Crippen LogP contribution is 2.13. The predicted octanol–water partition coefficient (Wildman–Crippen LogP) is 4.88. The van der Waals surface area contributed by atoms with E-state index in [0.717, 1.165) is 18.4 Å². The first-order chi connectivity index (χ1) is 10.2. The van der Waals surface area contributed by atoms with Crippen molar-refractivity contribution in [2.24, 2.45) is 0 Å². The zero-order valence-electron chi connectivity index (χ0n) is 12.4. The zero-order valence-corrected chi connectivity index (χ0v) is 12.4. The fourth-order valence-electron chi connectivity index (χ4n) is 2.36. The molecule has 0 unspecified atom stereocenters. The lowest BCUT2D eigenvalue weighted by Gasteiger charge is -2.05. The molecule has 0 radical (unpaired) electrons. The third-order valence-electron chi connectivity index (χ3n) is 3.67. The van der Waals surface area contributed by atoms with E-state index in [0.29, 0.717) is 12.0 Å². The van der Waals surface area contributed by atoms with Gasteiger partial charge >= 0.3 is 0 Å². The number of benzene rings is 1. The maximum Gasteiger partial charge on any atom is 0.218 e. The van der Waals surface area contributed by atoms with Crippen molar-refractivity contribution in [1.29, 1.82) is 0 Å². The number of halogens is 2. The Balaban J connectivity index is 1.88. The highest BCUT2D eigenvalue weighted by Gasteiger charge is 2.05. The molecular formula is C18H21F2N. The molecule has 3 heteroatoms. The third kappa shape index (κ3) is 4.92. The molecule has 0 N–H and O–H groups in total. The van der Waals surface area contributed by atoms with E-state index in [1.807, 2.05) is 0 Å². The Labute approximate surface area is 125 Å². The Morgan fingerprint density at radius 2 is 1.48 bits per heavy atom. The van der Waals surface area contributed by atoms with E-state index in [9.17, 15) is 8.78 Å². The van der Waals surface area contributed by atoms with Crippen LogP contribution in [0.2, 0.25) is 0 Å². The van der Waals surface area contributed by atoms with Crippen molar-refractivity contribution in [2.45, 2.75) is 45.4 Å². The number of rotatable bonds is 7. The minimum atomic E-state index is -0.771. The van der Waals surface area contributed by atoms with Crippen molar-refractivity contribution in [3.63, 3.8) is 0 Å². The molecule has 21 heavy (non-hydrogen) atoms. The summed E-state index contributed by atoms with van der Waals surface area (Å²) in [4.78, 5) is 3.21. The summed E-state index contributed by atoms with van der Waals surface area (Å²) < 4.78 is 26.2. The highest BCUT2D eigenvalue weighted by atomic mass is 19.1. The largest absolute Gasteiger partial charge is 0.218 e. The van der Waals surface area contributed by atoms with Crippen LogP contribution in [0.3, 0.4) is 0 Å². The van der Waals surface area contributed by atoms with Crippen molar-refractivity contribution in [2.75, 3.05) is 0 Å². The van der Waals surface area contributed by atoms with Crippen LogP contribution in [0, 0.1) is 11.9 Å². The zero-order chi connectivity index (χ0) is 15.1. The van der Waals surface area contributed by atoms with Gasteiger partial charge in [0, 0.05) is 5.56 Å². The van der Waals surface area contributed by atoms with Gasteiger partial charge in [0.25, 0.3) is 0 Å². The van der Waals surface area contributed by atoms with Crippen molar-refractivity contribution in [3.05, 3.63) is 65.0 Å². The molecule has 0 amide bonds. The quantitative estimate of drug-likeness (QED) is 0.523. The Hall–Kier alpha value is -1.77. The molecule has 0 aliphatic heterocycles. The Morgan fingerprint density at radius 3 is 2.10 bits per heavy atom. The second kappa shape index (κ2) is 7.87. The lowest BCUT2D eigenvalue weighted by Crippen LogP contribution is -1.99. The molecule has 0 bridgehead atoms. The molecule has 1 aromatic carbocycles. The van der Waals surface area contributed by atoms with Gasteiger partial charge in [0.1, 0.15) is 0 Å². The summed E-state index contributed by atoms with van der Waals surface area (Å²) in [7, 11) is 0. The van der Waals surface area contributed by atoms with Crippen LogP contribution in [0.5, 0.6) is 0 Å². The summed E-state index contributed by atoms with van der Waals surface area (Å²) in [5.74, 6) is -1.47. The van der Waals surface area contributed by atoms with Gasteiger partial charge in [-0.15, -0.1) is 0 Å². The van der Waals surface area contributed by atoms with E-state index < -0.39 is 11.9 Å². The summed E-state index contributed by atoms with van der Waals surface area (Å²) in [5, 5.41) is 0. The van der Waals surface area contributed by atoms with Crippen molar-refractivity contribution < 1.29 is 8.78 Å². The molecule has 2 rings (SSSR count). The van der Waals surface area contributed by atoms with Gasteiger partial charge in [0.15, 0.2) is 0 Å². The summed E-state index contributed by atoms with van der Waals surface area (Å²) in [6, 6.07) is 11.1. The third-order valence-corrected chi connectivity index (χ3v) is 3.67. The molecule has 2 aromatic rings. The number of hydrogen-bond donors (Lipinski definition) is 0. The normalized spacial score (nSPS) is 10.8. The van der Waals surface area contributed by atoms with Crippen LogP contribution in [0.15, 0.2) is 36.4 Å². The molecule has 0 saturated carbocycles. The highest BCUT2D eigenvalue weighted by molar-refractivity contribution is 5.24. The monoisotopic (exact) mass is 289 g/mol. The molecule has 0 spiro atoms. The molecule has 1 heterocycles. The van der Waals surface area contributed by atoms with Crippen molar-refractivity contribution in [3.8, 4) is 0 Å². The van der Waals surface area contributed by atoms with Crippen LogP contribution in [-0.4, -0.2) is 4.98 Å². The SMILES string of the molecule is CCCCCc1ccc(CCc2ccc(F)nc2F)cc1. The van der Waals surface area contributed by atoms with Crippen LogP contribution >= 0.6 is 0 Å². The van der Waals surface area contributed by atoms with E-state index >= 15 is 0 Å². The lowest BCUT2D eigenvalue weighted by atomic mass is 10.0. The number of nitrogens with zero attached hydrogens (tertiary/aromatic N) is 1. The van der Waals surface area contributed by atoms with E-state index in [2.05, 4.69) is 36.2 Å². The van der Waals surface area contributed by atoms with E-state index in [1.165, 1.54) is 37.0 Å². The summed E-state index contributed by atoms with van der Waals surface area (Å²) >= 11 is 0. The summed E-state index contributed by atoms with van der Waals surface area (Å²) in [6.07, 6.45) is 6.11. The Bertz CT molecular complexity index is 564. The van der Waals surface area contributed by atoms with Gasteiger partial charge in [0.2, 0.25) is 11.9 Å². The lowest BCUT2D eigenvalue weighted by molar-refractivity contribution is 0.502. The molecule has 1 aromatic heterocycles. The van der Waals surface area contributed by atoms with Crippen LogP contribution in [0.1, 0.15) is 42.9 Å². The van der Waals surface area contributed by atoms with Crippen LogP contribution in [0.25, 0.3) is 0 Å². The van der Waals surface area contributed by atoms with Gasteiger partial charge in [-0.2, -0.15) is 13.8 Å². The second-order valence-electron chi connectivity index (χ2n) is 5.36. The van der Waals surface area contributed by atoms with Gasteiger partial charge in [-0.25, -0.2) is 0 Å². The molecule has 0 saturated heterocycles. The number of aryl methyl sites for hydroxylation is 3. The number of pyridine rings is 1. The molecule has 1 nitrogen and oxygen atoms in total. The standard InChI is InChI=1S/C18H21F2N/c1-2-3-4-5-14-6-8-15(9-7-14)10-11-16-12-13-17(19)21-18(16)20/h6-9,12-13H,2-5,10-11H2,1H3. The van der Waals surface area contributed by atoms with Crippen molar-refractivity contribution >= 4 is 0 Å². The van der Waals surface area contributed by atoms with E-state index in [4.69, 9.17) is 0 Å². The van der Waals surface area contributed by atoms with Gasteiger partial charge in [-0.05, 0) is 48.9 Å². The van der Waals surface area contributed by atoms with Crippen molar-refractivity contribution in [1.82, 2.24) is 4.98 Å². The molecule has 0 atom stereocenters. The predicted molar refractivity (Wildman–Crippen MR) is 81.2 cm³/mol. The maximum atomic E-state index is 13.4. The number of aromatic nitrogens is 1. The Kier molecular flexibility index (Phi) is 5.85. The molecule has 0 fully saturated rings. The number of unbranched alkanes of at least 4 members (excludes halogenated alkanes) is 2. The van der Waals surface area contributed by atoms with E-state index in [1.54, 1.807) is 0 Å². The smallest absolute Gasteiger partial charge is 0.190 e. The molecule has 0 aliphatic rings.